The standard InChI is InChI=1S/C7H9NO/c1-7-4-2-3-5-8(7)6-9/h2-7H,1H3. The minimum atomic E-state index is 0.215. The average Bonchev–Trinajstić information content (AvgIpc) is 1.89. The van der Waals surface area contributed by atoms with Gasteiger partial charge in [0.1, 0.15) is 0 Å². The molecular weight excluding hydrogens is 114 g/mol. The van der Waals surface area contributed by atoms with Gasteiger partial charge in [0.05, 0.1) is 6.04 Å². The van der Waals surface area contributed by atoms with Crippen LogP contribution in [0.1, 0.15) is 6.92 Å². The number of amides is 1. The first kappa shape index (κ1) is 6.08. The zero-order valence-corrected chi connectivity index (χ0v) is 5.32. The lowest BCUT2D eigenvalue weighted by Crippen LogP contribution is -2.25. The van der Waals surface area contributed by atoms with Crippen LogP contribution in [0.5, 0.6) is 0 Å². The summed E-state index contributed by atoms with van der Waals surface area (Å²) in [6.45, 7) is 1.97. The summed E-state index contributed by atoms with van der Waals surface area (Å²) in [6, 6.07) is 0.215. The zero-order valence-electron chi connectivity index (χ0n) is 5.32. The Morgan fingerprint density at radius 1 is 1.56 bits per heavy atom. The lowest BCUT2D eigenvalue weighted by atomic mass is 10.2. The van der Waals surface area contributed by atoms with Crippen LogP contribution in [0.15, 0.2) is 24.4 Å². The molecule has 1 unspecified atom stereocenters. The van der Waals surface area contributed by atoms with Gasteiger partial charge in [-0.15, -0.1) is 0 Å². The molecule has 0 spiro atoms. The SMILES string of the molecule is CC1C=CC=CN1C=O. The van der Waals surface area contributed by atoms with E-state index < -0.39 is 0 Å². The topological polar surface area (TPSA) is 20.3 Å². The van der Waals surface area contributed by atoms with Crippen molar-refractivity contribution in [3.63, 3.8) is 0 Å². The molecule has 0 saturated heterocycles. The van der Waals surface area contributed by atoms with Gasteiger partial charge >= 0.3 is 0 Å². The zero-order chi connectivity index (χ0) is 6.69. The molecule has 1 amide bonds. The third-order valence-electron chi connectivity index (χ3n) is 1.35. The highest BCUT2D eigenvalue weighted by atomic mass is 16.1. The largest absolute Gasteiger partial charge is 0.315 e. The molecule has 1 rings (SSSR count). The second kappa shape index (κ2) is 2.49. The second-order valence-corrected chi connectivity index (χ2v) is 2.02. The molecular formula is C7H9NO. The molecule has 0 N–H and O–H groups in total. The molecule has 0 bridgehead atoms. The third-order valence-corrected chi connectivity index (χ3v) is 1.35. The average molecular weight is 123 g/mol. The molecule has 0 aliphatic carbocycles. The summed E-state index contributed by atoms with van der Waals surface area (Å²) in [5.41, 5.74) is 0. The predicted molar refractivity (Wildman–Crippen MR) is 35.6 cm³/mol. The monoisotopic (exact) mass is 123 g/mol. The molecule has 48 valence electrons. The van der Waals surface area contributed by atoms with E-state index in [0.29, 0.717) is 0 Å². The minimum Gasteiger partial charge on any atom is -0.315 e. The van der Waals surface area contributed by atoms with E-state index in [1.807, 2.05) is 25.2 Å². The Morgan fingerprint density at radius 2 is 2.33 bits per heavy atom. The van der Waals surface area contributed by atoms with Crippen LogP contribution in [-0.4, -0.2) is 17.4 Å². The molecule has 0 aromatic heterocycles. The molecule has 1 heterocycles. The van der Waals surface area contributed by atoms with E-state index in [2.05, 4.69) is 0 Å². The fourth-order valence-electron chi connectivity index (χ4n) is 0.740. The maximum absolute atomic E-state index is 10.2. The number of rotatable bonds is 1. The van der Waals surface area contributed by atoms with Crippen molar-refractivity contribution >= 4 is 6.41 Å². The van der Waals surface area contributed by atoms with Gasteiger partial charge in [0, 0.05) is 6.20 Å². The van der Waals surface area contributed by atoms with Crippen molar-refractivity contribution in [3.8, 4) is 0 Å². The summed E-state index contributed by atoms with van der Waals surface area (Å²) in [5.74, 6) is 0. The molecule has 1 atom stereocenters. The minimum absolute atomic E-state index is 0.215. The number of hydrogen-bond acceptors (Lipinski definition) is 1. The Bertz CT molecular complexity index is 160. The van der Waals surface area contributed by atoms with E-state index in [1.165, 1.54) is 0 Å². The van der Waals surface area contributed by atoms with E-state index in [4.69, 9.17) is 0 Å². The van der Waals surface area contributed by atoms with Gasteiger partial charge in [0.15, 0.2) is 0 Å². The number of carbonyl (C=O) groups excluding carboxylic acids is 1. The van der Waals surface area contributed by atoms with Crippen molar-refractivity contribution < 1.29 is 4.79 Å². The Balaban J connectivity index is 2.65. The van der Waals surface area contributed by atoms with Gasteiger partial charge in [-0.2, -0.15) is 0 Å². The molecule has 0 aromatic carbocycles. The molecule has 2 nitrogen and oxygen atoms in total. The van der Waals surface area contributed by atoms with Gasteiger partial charge in [-0.3, -0.25) is 4.79 Å². The Hall–Kier alpha value is -1.05. The lowest BCUT2D eigenvalue weighted by molar-refractivity contribution is -0.116. The second-order valence-electron chi connectivity index (χ2n) is 2.02. The summed E-state index contributed by atoms with van der Waals surface area (Å²) < 4.78 is 0. The smallest absolute Gasteiger partial charge is 0.214 e. The highest BCUT2D eigenvalue weighted by Crippen LogP contribution is 2.03. The van der Waals surface area contributed by atoms with Gasteiger partial charge in [-0.05, 0) is 13.0 Å². The van der Waals surface area contributed by atoms with Crippen molar-refractivity contribution in [1.29, 1.82) is 0 Å². The normalized spacial score (nSPS) is 24.6. The summed E-state index contributed by atoms with van der Waals surface area (Å²) in [4.78, 5) is 11.8. The Kier molecular flexibility index (Phi) is 1.68. The highest BCUT2D eigenvalue weighted by Gasteiger charge is 2.05. The van der Waals surface area contributed by atoms with Crippen LogP contribution in [0.4, 0.5) is 0 Å². The van der Waals surface area contributed by atoms with E-state index in [9.17, 15) is 4.79 Å². The van der Waals surface area contributed by atoms with Crippen LogP contribution >= 0.6 is 0 Å². The van der Waals surface area contributed by atoms with Crippen molar-refractivity contribution in [2.45, 2.75) is 13.0 Å². The van der Waals surface area contributed by atoms with Crippen LogP contribution in [-0.2, 0) is 4.79 Å². The van der Waals surface area contributed by atoms with Gasteiger partial charge < -0.3 is 4.90 Å². The summed E-state index contributed by atoms with van der Waals surface area (Å²) in [6.07, 6.45) is 8.33. The van der Waals surface area contributed by atoms with Crippen molar-refractivity contribution in [2.75, 3.05) is 0 Å². The molecule has 9 heavy (non-hydrogen) atoms. The van der Waals surface area contributed by atoms with Crippen molar-refractivity contribution in [1.82, 2.24) is 4.90 Å². The first-order valence-corrected chi connectivity index (χ1v) is 2.92. The van der Waals surface area contributed by atoms with Gasteiger partial charge in [0.25, 0.3) is 0 Å². The first-order valence-electron chi connectivity index (χ1n) is 2.92. The molecule has 1 aliphatic heterocycles. The van der Waals surface area contributed by atoms with Crippen LogP contribution < -0.4 is 0 Å². The fourth-order valence-corrected chi connectivity index (χ4v) is 0.740. The van der Waals surface area contributed by atoms with Crippen LogP contribution in [0.25, 0.3) is 0 Å². The third kappa shape index (κ3) is 1.19. The number of carbonyl (C=O) groups is 1. The summed E-state index contributed by atoms with van der Waals surface area (Å²) in [7, 11) is 0. The van der Waals surface area contributed by atoms with Gasteiger partial charge in [-0.25, -0.2) is 0 Å². The van der Waals surface area contributed by atoms with Crippen molar-refractivity contribution in [3.05, 3.63) is 24.4 Å². The molecule has 0 fully saturated rings. The van der Waals surface area contributed by atoms with E-state index in [0.717, 1.165) is 6.41 Å². The highest BCUT2D eigenvalue weighted by molar-refractivity contribution is 5.51. The van der Waals surface area contributed by atoms with Crippen LogP contribution in [0, 0.1) is 0 Å². The predicted octanol–water partition coefficient (Wildman–Crippen LogP) is 0.917. The van der Waals surface area contributed by atoms with E-state index in [-0.39, 0.29) is 6.04 Å². The number of allylic oxidation sites excluding steroid dienone is 2. The lowest BCUT2D eigenvalue weighted by Gasteiger charge is -2.19. The van der Waals surface area contributed by atoms with Gasteiger partial charge in [0.2, 0.25) is 6.41 Å². The fraction of sp³-hybridized carbons (Fsp3) is 0.286. The van der Waals surface area contributed by atoms with E-state index >= 15 is 0 Å². The molecule has 0 aromatic rings. The van der Waals surface area contributed by atoms with Gasteiger partial charge in [-0.1, -0.05) is 12.2 Å². The first-order chi connectivity index (χ1) is 4.34. The molecule has 2 heteroatoms. The Morgan fingerprint density at radius 3 is 2.78 bits per heavy atom. The molecule has 0 radical (unpaired) electrons. The maximum atomic E-state index is 10.2. The number of nitrogens with zero attached hydrogens (tertiary/aromatic N) is 1. The molecule has 0 saturated carbocycles. The number of hydrogen-bond donors (Lipinski definition) is 0. The Labute approximate surface area is 54.5 Å². The van der Waals surface area contributed by atoms with Crippen LogP contribution in [0.3, 0.4) is 0 Å². The quantitative estimate of drug-likeness (QED) is 0.475. The van der Waals surface area contributed by atoms with E-state index in [1.54, 1.807) is 11.1 Å². The maximum Gasteiger partial charge on any atom is 0.214 e. The summed E-state index contributed by atoms with van der Waals surface area (Å²) in [5, 5.41) is 0. The van der Waals surface area contributed by atoms with Crippen LogP contribution in [0.2, 0.25) is 0 Å². The summed E-state index contributed by atoms with van der Waals surface area (Å²) >= 11 is 0. The molecule has 1 aliphatic rings. The van der Waals surface area contributed by atoms with Crippen molar-refractivity contribution in [2.24, 2.45) is 0 Å².